The molecule has 0 unspecified atom stereocenters. The lowest BCUT2D eigenvalue weighted by atomic mass is 10.1. The van der Waals surface area contributed by atoms with Crippen LogP contribution in [0.1, 0.15) is 21.8 Å². The van der Waals surface area contributed by atoms with Crippen LogP contribution in [0, 0.1) is 6.92 Å². The second-order valence-corrected chi connectivity index (χ2v) is 6.69. The molecule has 26 heavy (non-hydrogen) atoms. The minimum Gasteiger partial charge on any atom is -0.451 e. The summed E-state index contributed by atoms with van der Waals surface area (Å²) in [6, 6.07) is 15.3. The van der Waals surface area contributed by atoms with E-state index in [-0.39, 0.29) is 11.8 Å². The minimum atomic E-state index is -0.433. The molecule has 0 aliphatic carbocycles. The van der Waals surface area contributed by atoms with Crippen LogP contribution in [-0.2, 0) is 6.54 Å². The van der Waals surface area contributed by atoms with Crippen molar-refractivity contribution in [2.75, 3.05) is 0 Å². The number of furan rings is 1. The van der Waals surface area contributed by atoms with Gasteiger partial charge in [-0.25, -0.2) is 0 Å². The van der Waals surface area contributed by atoms with Crippen LogP contribution in [0.3, 0.4) is 0 Å². The van der Waals surface area contributed by atoms with E-state index >= 15 is 0 Å². The number of carbonyl (C=O) groups excluding carboxylic acids is 1. The van der Waals surface area contributed by atoms with E-state index in [4.69, 9.17) is 8.83 Å². The summed E-state index contributed by atoms with van der Waals surface area (Å²) in [5, 5.41) is 11.5. The SMILES string of the molecule is Cc1c(-c2nnc(C(=O)NCc3cccc(Br)c3)o2)oc2ccccc12. The van der Waals surface area contributed by atoms with Gasteiger partial charge in [0.2, 0.25) is 0 Å². The molecule has 0 saturated carbocycles. The molecule has 0 spiro atoms. The first kappa shape index (κ1) is 16.5. The Balaban J connectivity index is 1.53. The van der Waals surface area contributed by atoms with E-state index in [9.17, 15) is 4.79 Å². The number of nitrogens with zero attached hydrogens (tertiary/aromatic N) is 2. The highest BCUT2D eigenvalue weighted by atomic mass is 79.9. The van der Waals surface area contributed by atoms with Crippen LogP contribution in [0.5, 0.6) is 0 Å². The molecule has 0 atom stereocenters. The van der Waals surface area contributed by atoms with E-state index in [1.807, 2.05) is 55.5 Å². The molecule has 130 valence electrons. The van der Waals surface area contributed by atoms with E-state index in [1.165, 1.54) is 0 Å². The summed E-state index contributed by atoms with van der Waals surface area (Å²) < 4.78 is 12.3. The molecule has 2 aromatic carbocycles. The van der Waals surface area contributed by atoms with Crippen LogP contribution in [0.2, 0.25) is 0 Å². The van der Waals surface area contributed by atoms with Crippen molar-refractivity contribution >= 4 is 32.8 Å². The Morgan fingerprint density at radius 3 is 2.77 bits per heavy atom. The molecule has 0 saturated heterocycles. The number of halogens is 1. The van der Waals surface area contributed by atoms with Gasteiger partial charge in [-0.05, 0) is 30.7 Å². The number of carbonyl (C=O) groups is 1. The third kappa shape index (κ3) is 3.13. The molecule has 0 fully saturated rings. The Bertz CT molecular complexity index is 1100. The number of benzene rings is 2. The normalized spacial score (nSPS) is 11.0. The summed E-state index contributed by atoms with van der Waals surface area (Å²) in [7, 11) is 0. The largest absolute Gasteiger partial charge is 0.451 e. The standard InChI is InChI=1S/C19H14BrN3O3/c1-11-14-7-2-3-8-15(14)25-16(11)18-22-23-19(26-18)17(24)21-10-12-5-4-6-13(20)9-12/h2-9H,10H2,1H3,(H,21,24). The molecule has 7 heteroatoms. The van der Waals surface area contributed by atoms with E-state index in [1.54, 1.807) is 0 Å². The highest BCUT2D eigenvalue weighted by Crippen LogP contribution is 2.31. The Hall–Kier alpha value is -2.93. The topological polar surface area (TPSA) is 81.2 Å². The maximum Gasteiger partial charge on any atom is 0.309 e. The van der Waals surface area contributed by atoms with Gasteiger partial charge in [-0.15, -0.1) is 10.2 Å². The molecule has 4 aromatic rings. The summed E-state index contributed by atoms with van der Waals surface area (Å²) in [5.41, 5.74) is 2.59. The van der Waals surface area contributed by atoms with Gasteiger partial charge in [0.1, 0.15) is 5.58 Å². The van der Waals surface area contributed by atoms with E-state index in [2.05, 4.69) is 31.4 Å². The van der Waals surface area contributed by atoms with Crippen molar-refractivity contribution in [3.05, 3.63) is 70.0 Å². The van der Waals surface area contributed by atoms with Crippen LogP contribution >= 0.6 is 15.9 Å². The predicted octanol–water partition coefficient (Wildman–Crippen LogP) is 4.48. The van der Waals surface area contributed by atoms with Crippen molar-refractivity contribution in [3.8, 4) is 11.7 Å². The van der Waals surface area contributed by atoms with Crippen molar-refractivity contribution in [3.63, 3.8) is 0 Å². The van der Waals surface area contributed by atoms with Crippen LogP contribution in [0.15, 0.2) is 61.8 Å². The predicted molar refractivity (Wildman–Crippen MR) is 99.6 cm³/mol. The second-order valence-electron chi connectivity index (χ2n) is 5.78. The van der Waals surface area contributed by atoms with Crippen LogP contribution in [-0.4, -0.2) is 16.1 Å². The maximum absolute atomic E-state index is 12.3. The molecule has 1 N–H and O–H groups in total. The maximum atomic E-state index is 12.3. The Kier molecular flexibility index (Phi) is 4.30. The number of hydrogen-bond acceptors (Lipinski definition) is 5. The summed E-state index contributed by atoms with van der Waals surface area (Å²) >= 11 is 3.40. The molecule has 1 amide bonds. The Morgan fingerprint density at radius 2 is 1.96 bits per heavy atom. The first-order valence-corrected chi connectivity index (χ1v) is 8.76. The Morgan fingerprint density at radius 1 is 1.12 bits per heavy atom. The van der Waals surface area contributed by atoms with Gasteiger partial charge in [0.15, 0.2) is 5.76 Å². The van der Waals surface area contributed by atoms with Crippen LogP contribution in [0.25, 0.3) is 22.6 Å². The monoisotopic (exact) mass is 411 g/mol. The van der Waals surface area contributed by atoms with Gasteiger partial charge in [-0.3, -0.25) is 4.79 Å². The summed E-state index contributed by atoms with van der Waals surface area (Å²) in [6.07, 6.45) is 0. The average Bonchev–Trinajstić information content (AvgIpc) is 3.25. The third-order valence-corrected chi connectivity index (χ3v) is 4.49. The van der Waals surface area contributed by atoms with Gasteiger partial charge in [0, 0.05) is 22.0 Å². The molecule has 6 nitrogen and oxygen atoms in total. The first-order chi connectivity index (χ1) is 12.6. The molecule has 0 radical (unpaired) electrons. The highest BCUT2D eigenvalue weighted by molar-refractivity contribution is 9.10. The number of amides is 1. The van der Waals surface area contributed by atoms with E-state index in [0.717, 1.165) is 26.6 Å². The number of nitrogens with one attached hydrogen (secondary N) is 1. The van der Waals surface area contributed by atoms with E-state index < -0.39 is 5.91 Å². The molecule has 0 aliphatic heterocycles. The lowest BCUT2D eigenvalue weighted by Gasteiger charge is -2.02. The number of aryl methyl sites for hydroxylation is 1. The summed E-state index contributed by atoms with van der Waals surface area (Å²) in [6.45, 7) is 2.28. The third-order valence-electron chi connectivity index (χ3n) is 4.00. The number of para-hydroxylation sites is 1. The zero-order valence-corrected chi connectivity index (χ0v) is 15.4. The molecule has 2 aromatic heterocycles. The van der Waals surface area contributed by atoms with Crippen molar-refractivity contribution < 1.29 is 13.6 Å². The number of hydrogen-bond donors (Lipinski definition) is 1. The van der Waals surface area contributed by atoms with Gasteiger partial charge in [0.25, 0.3) is 5.89 Å². The van der Waals surface area contributed by atoms with Crippen molar-refractivity contribution in [1.82, 2.24) is 15.5 Å². The molecular formula is C19H14BrN3O3. The van der Waals surface area contributed by atoms with Gasteiger partial charge in [0.05, 0.1) is 0 Å². The zero-order chi connectivity index (χ0) is 18.1. The van der Waals surface area contributed by atoms with Gasteiger partial charge in [-0.1, -0.05) is 46.3 Å². The highest BCUT2D eigenvalue weighted by Gasteiger charge is 2.21. The zero-order valence-electron chi connectivity index (χ0n) is 13.8. The smallest absolute Gasteiger partial charge is 0.309 e. The quantitative estimate of drug-likeness (QED) is 0.535. The molecule has 0 aliphatic rings. The number of rotatable bonds is 4. The fourth-order valence-electron chi connectivity index (χ4n) is 2.69. The average molecular weight is 412 g/mol. The summed E-state index contributed by atoms with van der Waals surface area (Å²) in [4.78, 5) is 12.3. The fourth-order valence-corrected chi connectivity index (χ4v) is 3.14. The molecule has 4 rings (SSSR count). The van der Waals surface area contributed by atoms with Crippen LogP contribution in [0.4, 0.5) is 0 Å². The van der Waals surface area contributed by atoms with Crippen LogP contribution < -0.4 is 5.32 Å². The van der Waals surface area contributed by atoms with Gasteiger partial charge in [-0.2, -0.15) is 0 Å². The molecule has 0 bridgehead atoms. The lowest BCUT2D eigenvalue weighted by molar-refractivity contribution is 0.0916. The summed E-state index contributed by atoms with van der Waals surface area (Å²) in [5.74, 6) is 0.128. The molecular weight excluding hydrogens is 398 g/mol. The Labute approximate surface area is 157 Å². The number of aromatic nitrogens is 2. The van der Waals surface area contributed by atoms with E-state index in [0.29, 0.717) is 12.3 Å². The molecule has 2 heterocycles. The second kappa shape index (κ2) is 6.76. The van der Waals surface area contributed by atoms with Crippen molar-refractivity contribution in [2.45, 2.75) is 13.5 Å². The van der Waals surface area contributed by atoms with Crippen molar-refractivity contribution in [2.24, 2.45) is 0 Å². The number of fused-ring (bicyclic) bond motifs is 1. The lowest BCUT2D eigenvalue weighted by Crippen LogP contribution is -2.23. The minimum absolute atomic E-state index is 0.102. The van der Waals surface area contributed by atoms with Gasteiger partial charge >= 0.3 is 11.8 Å². The van der Waals surface area contributed by atoms with Gasteiger partial charge < -0.3 is 14.2 Å². The fraction of sp³-hybridized carbons (Fsp3) is 0.105. The van der Waals surface area contributed by atoms with Crippen molar-refractivity contribution in [1.29, 1.82) is 0 Å². The first-order valence-electron chi connectivity index (χ1n) is 7.96.